The van der Waals surface area contributed by atoms with Gasteiger partial charge in [-0.05, 0) is 19.3 Å². The normalized spacial score (nSPS) is 33.0. The van der Waals surface area contributed by atoms with Crippen LogP contribution in [-0.4, -0.2) is 75.6 Å². The zero-order valence-corrected chi connectivity index (χ0v) is 19.2. The SMILES string of the molecule is CCC(C)C(N)C(=O)NC[C@H]1OCC[C@H]1SC1=C(C(=O)O)N2C(=O)C(C(C)O)C2C1C. The smallest absolute Gasteiger partial charge is 0.353 e. The van der Waals surface area contributed by atoms with Crippen molar-refractivity contribution in [1.82, 2.24) is 10.2 Å². The monoisotopic (exact) mass is 455 g/mol. The van der Waals surface area contributed by atoms with Gasteiger partial charge in [0.15, 0.2) is 0 Å². The summed E-state index contributed by atoms with van der Waals surface area (Å²) in [5, 5.41) is 22.6. The van der Waals surface area contributed by atoms with E-state index in [2.05, 4.69) is 5.32 Å². The number of carboxylic acid groups (broad SMARTS) is 1. The molecule has 3 rings (SSSR count). The van der Waals surface area contributed by atoms with Crippen molar-refractivity contribution >= 4 is 29.5 Å². The molecule has 0 aromatic heterocycles. The molecule has 0 saturated carbocycles. The number of aliphatic hydroxyl groups is 1. The summed E-state index contributed by atoms with van der Waals surface area (Å²) in [6, 6.07) is -0.921. The maximum atomic E-state index is 12.5. The van der Waals surface area contributed by atoms with Crippen LogP contribution < -0.4 is 11.1 Å². The van der Waals surface area contributed by atoms with Gasteiger partial charge in [0.05, 0.1) is 30.2 Å². The number of thioether (sulfide) groups is 1. The van der Waals surface area contributed by atoms with Crippen LogP contribution in [0, 0.1) is 17.8 Å². The van der Waals surface area contributed by atoms with Crippen molar-refractivity contribution in [2.45, 2.75) is 70.1 Å². The number of β-lactam (4-membered cyclic amide) rings is 1. The van der Waals surface area contributed by atoms with E-state index < -0.39 is 24.0 Å². The minimum atomic E-state index is -1.14. The molecular weight excluding hydrogens is 422 g/mol. The van der Waals surface area contributed by atoms with E-state index >= 15 is 0 Å². The van der Waals surface area contributed by atoms with Crippen molar-refractivity contribution in [1.29, 1.82) is 0 Å². The minimum Gasteiger partial charge on any atom is -0.477 e. The van der Waals surface area contributed by atoms with Gasteiger partial charge >= 0.3 is 5.97 Å². The van der Waals surface area contributed by atoms with Crippen molar-refractivity contribution in [2.75, 3.05) is 13.2 Å². The Morgan fingerprint density at radius 1 is 1.39 bits per heavy atom. The Labute approximate surface area is 186 Å². The number of aliphatic hydroxyl groups excluding tert-OH is 1. The molecule has 0 aromatic rings. The molecule has 2 amide bonds. The third-order valence-corrected chi connectivity index (χ3v) is 8.44. The predicted octanol–water partition coefficient (Wildman–Crippen LogP) is 0.520. The van der Waals surface area contributed by atoms with Gasteiger partial charge in [0.1, 0.15) is 5.70 Å². The Morgan fingerprint density at radius 3 is 2.65 bits per heavy atom. The number of ether oxygens (including phenoxy) is 1. The summed E-state index contributed by atoms with van der Waals surface area (Å²) in [6.07, 6.45) is 0.415. The van der Waals surface area contributed by atoms with Crippen LogP contribution in [0.25, 0.3) is 0 Å². The van der Waals surface area contributed by atoms with E-state index in [9.17, 15) is 24.6 Å². The molecule has 2 fully saturated rings. The lowest BCUT2D eigenvalue weighted by atomic mass is 9.79. The Kier molecular flexibility index (Phi) is 7.35. The van der Waals surface area contributed by atoms with Gasteiger partial charge in [-0.2, -0.15) is 0 Å². The average molecular weight is 456 g/mol. The quantitative estimate of drug-likeness (QED) is 0.369. The summed E-state index contributed by atoms with van der Waals surface area (Å²) in [7, 11) is 0. The second kappa shape index (κ2) is 9.48. The number of rotatable bonds is 9. The van der Waals surface area contributed by atoms with E-state index in [1.165, 1.54) is 16.7 Å². The van der Waals surface area contributed by atoms with Gasteiger partial charge in [-0.25, -0.2) is 4.79 Å². The maximum Gasteiger partial charge on any atom is 0.353 e. The summed E-state index contributed by atoms with van der Waals surface area (Å²) < 4.78 is 5.81. The van der Waals surface area contributed by atoms with E-state index in [4.69, 9.17) is 10.5 Å². The molecule has 8 atom stereocenters. The van der Waals surface area contributed by atoms with Crippen LogP contribution in [0.15, 0.2) is 10.6 Å². The Balaban J connectivity index is 1.70. The Bertz CT molecular complexity index is 772. The first-order chi connectivity index (χ1) is 14.6. The Morgan fingerprint density at radius 2 is 2.06 bits per heavy atom. The molecule has 31 heavy (non-hydrogen) atoms. The molecule has 5 N–H and O–H groups in total. The number of nitrogens with one attached hydrogen (secondary N) is 1. The fourth-order valence-electron chi connectivity index (χ4n) is 4.63. The van der Waals surface area contributed by atoms with Crippen LogP contribution in [0.3, 0.4) is 0 Å². The second-order valence-electron chi connectivity index (χ2n) is 8.78. The molecule has 0 bridgehead atoms. The number of hydrogen-bond donors (Lipinski definition) is 4. The number of aliphatic carboxylic acids is 1. The van der Waals surface area contributed by atoms with Gasteiger partial charge in [-0.3, -0.25) is 9.59 Å². The fraction of sp³-hybridized carbons (Fsp3) is 0.762. The highest BCUT2D eigenvalue weighted by Crippen LogP contribution is 2.52. The number of nitrogens with zero attached hydrogens (tertiary/aromatic N) is 1. The molecular formula is C21H33N3O6S. The van der Waals surface area contributed by atoms with E-state index in [1.54, 1.807) is 6.92 Å². The van der Waals surface area contributed by atoms with Gasteiger partial charge in [0.2, 0.25) is 11.8 Å². The first-order valence-corrected chi connectivity index (χ1v) is 11.8. The number of fused-ring (bicyclic) bond motifs is 1. The number of nitrogens with two attached hydrogens (primary N) is 1. The van der Waals surface area contributed by atoms with E-state index in [-0.39, 0.29) is 46.7 Å². The van der Waals surface area contributed by atoms with Crippen LogP contribution in [0.4, 0.5) is 0 Å². The van der Waals surface area contributed by atoms with Crippen molar-refractivity contribution in [3.8, 4) is 0 Å². The number of carbonyl (C=O) groups is 3. The van der Waals surface area contributed by atoms with Crippen LogP contribution in [-0.2, 0) is 19.1 Å². The van der Waals surface area contributed by atoms with Crippen molar-refractivity contribution in [3.05, 3.63) is 10.6 Å². The highest BCUT2D eigenvalue weighted by molar-refractivity contribution is 8.03. The van der Waals surface area contributed by atoms with Crippen LogP contribution in [0.2, 0.25) is 0 Å². The summed E-state index contributed by atoms with van der Waals surface area (Å²) >= 11 is 1.42. The van der Waals surface area contributed by atoms with E-state index in [1.807, 2.05) is 20.8 Å². The molecule has 174 valence electrons. The summed E-state index contributed by atoms with van der Waals surface area (Å²) in [4.78, 5) is 38.7. The second-order valence-corrected chi connectivity index (χ2v) is 10.1. The summed E-state index contributed by atoms with van der Waals surface area (Å²) in [5.41, 5.74) is 6.00. The molecule has 0 radical (unpaired) electrons. The van der Waals surface area contributed by atoms with Crippen molar-refractivity contribution in [2.24, 2.45) is 23.5 Å². The average Bonchev–Trinajstić information content (AvgIpc) is 3.25. The third kappa shape index (κ3) is 4.35. The largest absolute Gasteiger partial charge is 0.477 e. The lowest BCUT2D eigenvalue weighted by molar-refractivity contribution is -0.163. The molecule has 3 heterocycles. The van der Waals surface area contributed by atoms with Crippen molar-refractivity contribution < 1.29 is 29.3 Å². The minimum absolute atomic E-state index is 0.0119. The van der Waals surface area contributed by atoms with Crippen LogP contribution >= 0.6 is 11.8 Å². The predicted molar refractivity (Wildman–Crippen MR) is 116 cm³/mol. The van der Waals surface area contributed by atoms with Gasteiger partial charge in [-0.15, -0.1) is 11.8 Å². The molecule has 0 aliphatic carbocycles. The van der Waals surface area contributed by atoms with Crippen LogP contribution in [0.5, 0.6) is 0 Å². The fourth-order valence-corrected chi connectivity index (χ4v) is 6.15. The van der Waals surface area contributed by atoms with Crippen molar-refractivity contribution in [3.63, 3.8) is 0 Å². The molecule has 0 spiro atoms. The highest BCUT2D eigenvalue weighted by atomic mass is 32.2. The van der Waals surface area contributed by atoms with E-state index in [0.717, 1.165) is 6.42 Å². The number of carbonyl (C=O) groups excluding carboxylic acids is 2. The van der Waals surface area contributed by atoms with Gasteiger partial charge < -0.3 is 30.9 Å². The number of amides is 2. The first kappa shape index (κ1) is 24.0. The summed E-state index contributed by atoms with van der Waals surface area (Å²) in [6.45, 7) is 8.19. The zero-order chi connectivity index (χ0) is 23.0. The van der Waals surface area contributed by atoms with Gasteiger partial charge in [0.25, 0.3) is 0 Å². The molecule has 9 nitrogen and oxygen atoms in total. The standard InChI is InChI=1S/C21H33N3O6S/c1-5-9(2)15(22)19(26)23-8-12-13(6-7-30-12)31-18-10(3)16-14(11(4)25)20(27)24(16)17(18)21(28)29/h9-16,25H,5-8,22H2,1-4H3,(H,23,26)(H,28,29)/t9?,10?,11?,12-,13-,14?,15?,16?/m1/s1. The summed E-state index contributed by atoms with van der Waals surface area (Å²) in [5.74, 6) is -2.41. The Hall–Kier alpha value is -1.62. The third-order valence-electron chi connectivity index (χ3n) is 6.78. The molecule has 3 aliphatic heterocycles. The number of hydrogen-bond acceptors (Lipinski definition) is 7. The first-order valence-electron chi connectivity index (χ1n) is 10.9. The lowest BCUT2D eigenvalue weighted by Crippen LogP contribution is -2.63. The number of carboxylic acids is 1. The van der Waals surface area contributed by atoms with Gasteiger partial charge in [0, 0.05) is 29.2 Å². The molecule has 3 aliphatic rings. The molecule has 6 unspecified atom stereocenters. The van der Waals surface area contributed by atoms with E-state index in [0.29, 0.717) is 24.5 Å². The molecule has 10 heteroatoms. The lowest BCUT2D eigenvalue weighted by Gasteiger charge is -2.46. The molecule has 2 saturated heterocycles. The zero-order valence-electron chi connectivity index (χ0n) is 18.4. The molecule has 0 aromatic carbocycles. The topological polar surface area (TPSA) is 142 Å². The van der Waals surface area contributed by atoms with Crippen LogP contribution in [0.1, 0.15) is 40.5 Å². The maximum absolute atomic E-state index is 12.5. The highest BCUT2D eigenvalue weighted by Gasteiger charge is 2.60. The van der Waals surface area contributed by atoms with Gasteiger partial charge in [-0.1, -0.05) is 27.2 Å².